The highest BCUT2D eigenvalue weighted by Crippen LogP contribution is 2.56. The van der Waals surface area contributed by atoms with Crippen molar-refractivity contribution in [1.82, 2.24) is 20.4 Å². The Morgan fingerprint density at radius 3 is 2.16 bits per heavy atom. The van der Waals surface area contributed by atoms with Crippen molar-refractivity contribution < 1.29 is 41.9 Å². The van der Waals surface area contributed by atoms with E-state index in [1.165, 1.54) is 6.07 Å². The van der Waals surface area contributed by atoms with Crippen LogP contribution in [0.2, 0.25) is 0 Å². The number of nitrogens with one attached hydrogen (secondary N) is 2. The van der Waals surface area contributed by atoms with E-state index in [9.17, 15) is 37.1 Å². The molecule has 0 bridgehead atoms. The summed E-state index contributed by atoms with van der Waals surface area (Å²) in [6.45, 7) is 14.6. The number of carbonyl (C=O) groups is 5. The molecule has 2 N–H and O–H groups in total. The second kappa shape index (κ2) is 17.4. The van der Waals surface area contributed by atoms with Crippen LogP contribution >= 0.6 is 0 Å². The van der Waals surface area contributed by atoms with Crippen molar-refractivity contribution in [3.63, 3.8) is 0 Å². The van der Waals surface area contributed by atoms with Crippen LogP contribution in [0.4, 0.5) is 18.9 Å². The maximum Gasteiger partial charge on any atom is 0.417 e. The summed E-state index contributed by atoms with van der Waals surface area (Å²) < 4.78 is 46.9. The lowest BCUT2D eigenvalue weighted by Crippen LogP contribution is -2.74. The summed E-state index contributed by atoms with van der Waals surface area (Å²) in [6.07, 6.45) is 0.103. The van der Waals surface area contributed by atoms with E-state index in [-0.39, 0.29) is 53.8 Å². The number of ether oxygens (including phenoxy) is 1. The number of carbonyl (C=O) groups excluding carboxylic acids is 5. The monoisotopic (exact) mass is 868 g/mol. The molecule has 1 unspecified atom stereocenters. The first-order valence-corrected chi connectivity index (χ1v) is 21.8. The molecular formula is C48H55F3N6O6. The van der Waals surface area contributed by atoms with Gasteiger partial charge in [0, 0.05) is 59.7 Å². The average Bonchev–Trinajstić information content (AvgIpc) is 3.48. The summed E-state index contributed by atoms with van der Waals surface area (Å²) in [5, 5.41) is 14.5. The molecule has 3 fully saturated rings. The Hall–Kier alpha value is -5.75. The zero-order valence-electron chi connectivity index (χ0n) is 36.6. The van der Waals surface area contributed by atoms with E-state index in [1.807, 2.05) is 58.0 Å². The number of imide groups is 2. The Balaban J connectivity index is 0.835. The van der Waals surface area contributed by atoms with Crippen LogP contribution in [0.15, 0.2) is 60.7 Å². The fourth-order valence-electron chi connectivity index (χ4n) is 10.5. The van der Waals surface area contributed by atoms with Crippen LogP contribution in [0, 0.1) is 22.2 Å². The standard InChI is InChI=1S/C48H55F3N6O6/c1-28-26-55(33-17-19-35-36(23-33)43(62)57(42(35)61)38-20-21-39(58)53-41(38)60)27-29(2)56(28)22-10-8-7-9-11-30-12-14-31(15-13-30)40(59)54-44-46(3,4)45(47(44,5)6)63-34-18-16-32(25-52)37(24-34)48(49,50)51/h12-19,23-24,28-29,38,44-45H,7-11,20-22,26-27H2,1-6H3,(H,54,59)(H,53,58,60)/t28-,29+,38?,44-,45-. The van der Waals surface area contributed by atoms with Crippen LogP contribution in [0.1, 0.15) is 128 Å². The second-order valence-corrected chi connectivity index (χ2v) is 18.7. The Kier molecular flexibility index (Phi) is 12.5. The molecular weight excluding hydrogens is 814 g/mol. The zero-order valence-corrected chi connectivity index (χ0v) is 36.6. The number of halogens is 3. The van der Waals surface area contributed by atoms with E-state index in [0.717, 1.165) is 80.0 Å². The molecule has 5 amide bonds. The van der Waals surface area contributed by atoms with Gasteiger partial charge in [0.2, 0.25) is 11.8 Å². The summed E-state index contributed by atoms with van der Waals surface area (Å²) in [7, 11) is 0. The molecule has 12 nitrogen and oxygen atoms in total. The van der Waals surface area contributed by atoms with E-state index in [2.05, 4.69) is 34.3 Å². The van der Waals surface area contributed by atoms with Gasteiger partial charge < -0.3 is 15.0 Å². The third kappa shape index (κ3) is 8.92. The molecule has 1 aliphatic carbocycles. The minimum absolute atomic E-state index is 0.0193. The number of nitrogens with zero attached hydrogens (tertiary/aromatic N) is 4. The van der Waals surface area contributed by atoms with Gasteiger partial charge in [-0.15, -0.1) is 0 Å². The summed E-state index contributed by atoms with van der Waals surface area (Å²) in [5.41, 5.74) is 0.370. The Bertz CT molecular complexity index is 2310. The van der Waals surface area contributed by atoms with Gasteiger partial charge in [-0.3, -0.25) is 39.1 Å². The van der Waals surface area contributed by atoms with Gasteiger partial charge in [0.25, 0.3) is 17.7 Å². The van der Waals surface area contributed by atoms with Crippen molar-refractivity contribution in [2.75, 3.05) is 24.5 Å². The molecule has 63 heavy (non-hydrogen) atoms. The number of piperidine rings is 1. The number of amides is 5. The van der Waals surface area contributed by atoms with Crippen LogP contribution in [0.5, 0.6) is 5.75 Å². The maximum atomic E-state index is 13.6. The number of piperazine rings is 1. The number of hydrogen-bond donors (Lipinski definition) is 2. The Morgan fingerprint density at radius 2 is 1.52 bits per heavy atom. The molecule has 2 saturated heterocycles. The molecule has 3 aliphatic heterocycles. The third-order valence-corrected chi connectivity index (χ3v) is 13.5. The SMILES string of the molecule is C[C@@H]1CN(c2ccc3c(c2)C(=O)N(C2CCC(=O)NC2=O)C3=O)C[C@H](C)N1CCCCCCc1ccc(C(=O)N[C@H]2C(C)(C)[C@H](Oc3ccc(C#N)c(C(F)(F)F)c3)C2(C)C)cc1. The van der Waals surface area contributed by atoms with Crippen LogP contribution in [-0.4, -0.2) is 89.2 Å². The van der Waals surface area contributed by atoms with Gasteiger partial charge in [-0.05, 0) is 100 Å². The van der Waals surface area contributed by atoms with Crippen LogP contribution in [0.25, 0.3) is 0 Å². The largest absolute Gasteiger partial charge is 0.489 e. The molecule has 3 aromatic rings. The zero-order chi connectivity index (χ0) is 45.6. The number of nitriles is 1. The van der Waals surface area contributed by atoms with Gasteiger partial charge in [-0.1, -0.05) is 52.7 Å². The molecule has 15 heteroatoms. The molecule has 0 aromatic heterocycles. The van der Waals surface area contributed by atoms with E-state index in [0.29, 0.717) is 5.56 Å². The molecule has 3 aromatic carbocycles. The minimum Gasteiger partial charge on any atom is -0.489 e. The number of rotatable bonds is 13. The lowest BCUT2D eigenvalue weighted by Gasteiger charge is -2.63. The maximum absolute atomic E-state index is 13.6. The molecule has 4 aliphatic rings. The van der Waals surface area contributed by atoms with Gasteiger partial charge in [0.15, 0.2) is 0 Å². The fraction of sp³-hybridized carbons (Fsp3) is 0.500. The summed E-state index contributed by atoms with van der Waals surface area (Å²) in [6, 6.07) is 17.0. The van der Waals surface area contributed by atoms with Crippen molar-refractivity contribution >= 4 is 35.2 Å². The first-order chi connectivity index (χ1) is 29.7. The van der Waals surface area contributed by atoms with Crippen molar-refractivity contribution in [3.05, 3.63) is 94.0 Å². The molecule has 1 saturated carbocycles. The molecule has 0 radical (unpaired) electrons. The third-order valence-electron chi connectivity index (χ3n) is 13.5. The molecule has 0 spiro atoms. The second-order valence-electron chi connectivity index (χ2n) is 18.7. The number of benzene rings is 3. The number of unbranched alkanes of at least 4 members (excludes halogenated alkanes) is 3. The first-order valence-electron chi connectivity index (χ1n) is 21.8. The number of fused-ring (bicyclic) bond motifs is 1. The van der Waals surface area contributed by atoms with Gasteiger partial charge >= 0.3 is 6.18 Å². The number of anilines is 1. The van der Waals surface area contributed by atoms with Gasteiger partial charge in [0.05, 0.1) is 28.3 Å². The quantitative estimate of drug-likeness (QED) is 0.133. The molecule has 7 rings (SSSR count). The number of aryl methyl sites for hydroxylation is 1. The normalized spacial score (nSPS) is 24.3. The predicted molar refractivity (Wildman–Crippen MR) is 229 cm³/mol. The van der Waals surface area contributed by atoms with Crippen LogP contribution < -0.4 is 20.3 Å². The van der Waals surface area contributed by atoms with Crippen molar-refractivity contribution in [2.24, 2.45) is 10.8 Å². The lowest BCUT2D eigenvalue weighted by atomic mass is 9.49. The van der Waals surface area contributed by atoms with E-state index in [1.54, 1.807) is 18.2 Å². The van der Waals surface area contributed by atoms with Gasteiger partial charge in [-0.2, -0.15) is 18.4 Å². The highest BCUT2D eigenvalue weighted by Gasteiger charge is 2.64. The Morgan fingerprint density at radius 1 is 0.873 bits per heavy atom. The van der Waals surface area contributed by atoms with Crippen molar-refractivity contribution in [3.8, 4) is 11.8 Å². The van der Waals surface area contributed by atoms with E-state index < -0.39 is 63.9 Å². The van der Waals surface area contributed by atoms with E-state index >= 15 is 0 Å². The van der Waals surface area contributed by atoms with E-state index in [4.69, 9.17) is 10.00 Å². The van der Waals surface area contributed by atoms with Crippen LogP contribution in [0.3, 0.4) is 0 Å². The summed E-state index contributed by atoms with van der Waals surface area (Å²) in [4.78, 5) is 69.8. The Labute approximate surface area is 366 Å². The first kappa shape index (κ1) is 45.3. The number of hydrogen-bond acceptors (Lipinski definition) is 9. The van der Waals surface area contributed by atoms with Crippen molar-refractivity contribution in [1.29, 1.82) is 5.26 Å². The van der Waals surface area contributed by atoms with Crippen molar-refractivity contribution in [2.45, 2.75) is 123 Å². The summed E-state index contributed by atoms with van der Waals surface area (Å²) in [5.74, 6) is -2.26. The highest BCUT2D eigenvalue weighted by atomic mass is 19.4. The number of alkyl halides is 3. The summed E-state index contributed by atoms with van der Waals surface area (Å²) >= 11 is 0. The lowest BCUT2D eigenvalue weighted by molar-refractivity contribution is -0.164. The molecule has 3 atom stereocenters. The topological polar surface area (TPSA) is 152 Å². The average molecular weight is 869 g/mol. The molecule has 3 heterocycles. The van der Waals surface area contributed by atoms with Gasteiger partial charge in [-0.25, -0.2) is 0 Å². The van der Waals surface area contributed by atoms with Crippen LogP contribution in [-0.2, 0) is 22.2 Å². The molecule has 334 valence electrons. The predicted octanol–water partition coefficient (Wildman–Crippen LogP) is 7.29. The minimum atomic E-state index is -4.70. The fourth-order valence-corrected chi connectivity index (χ4v) is 10.5. The highest BCUT2D eigenvalue weighted by molar-refractivity contribution is 6.23. The van der Waals surface area contributed by atoms with Gasteiger partial charge in [0.1, 0.15) is 17.9 Å². The smallest absolute Gasteiger partial charge is 0.417 e.